The van der Waals surface area contributed by atoms with E-state index in [-0.39, 0.29) is 6.61 Å². The van der Waals surface area contributed by atoms with Crippen LogP contribution in [0.15, 0.2) is 18.3 Å². The van der Waals surface area contributed by atoms with Crippen LogP contribution in [0.25, 0.3) is 10.9 Å². The summed E-state index contributed by atoms with van der Waals surface area (Å²) in [7, 11) is 0. The number of aliphatic hydroxyl groups is 1. The fourth-order valence-electron chi connectivity index (χ4n) is 2.74. The van der Waals surface area contributed by atoms with Crippen molar-refractivity contribution in [3.8, 4) is 0 Å². The predicted octanol–water partition coefficient (Wildman–Crippen LogP) is 1.35. The Labute approximate surface area is 106 Å². The number of benzene rings is 1. The van der Waals surface area contributed by atoms with Crippen molar-refractivity contribution < 1.29 is 5.11 Å². The van der Waals surface area contributed by atoms with E-state index in [1.807, 2.05) is 6.07 Å². The zero-order valence-electron chi connectivity index (χ0n) is 10.3. The Morgan fingerprint density at radius 1 is 1.50 bits per heavy atom. The summed E-state index contributed by atoms with van der Waals surface area (Å²) in [4.78, 5) is 2.30. The molecule has 3 rings (SSSR count). The molecule has 0 saturated carbocycles. The van der Waals surface area contributed by atoms with Crippen molar-refractivity contribution in [1.82, 2.24) is 10.2 Å². The molecule has 0 bridgehead atoms. The number of nitrogens with one attached hydrogen (secondary N) is 1. The molecule has 5 heteroatoms. The highest BCUT2D eigenvalue weighted by Crippen LogP contribution is 2.32. The Hall–Kier alpha value is -1.75. The van der Waals surface area contributed by atoms with E-state index in [0.717, 1.165) is 48.2 Å². The van der Waals surface area contributed by atoms with Crippen molar-refractivity contribution in [2.24, 2.45) is 5.92 Å². The molecule has 1 aromatic carbocycles. The number of nitrogen functional groups attached to an aromatic ring is 1. The Morgan fingerprint density at radius 3 is 3.22 bits per heavy atom. The van der Waals surface area contributed by atoms with Crippen molar-refractivity contribution in [1.29, 1.82) is 0 Å². The third-order valence-electron chi connectivity index (χ3n) is 3.75. The lowest BCUT2D eigenvalue weighted by Gasteiger charge is -2.20. The number of nitrogens with zero attached hydrogens (tertiary/aromatic N) is 2. The maximum Gasteiger partial charge on any atom is 0.0672 e. The summed E-state index contributed by atoms with van der Waals surface area (Å²) in [6.45, 7) is 2.26. The van der Waals surface area contributed by atoms with Gasteiger partial charge >= 0.3 is 0 Å². The zero-order chi connectivity index (χ0) is 12.5. The minimum atomic E-state index is 0.271. The summed E-state index contributed by atoms with van der Waals surface area (Å²) < 4.78 is 0. The van der Waals surface area contributed by atoms with Crippen molar-refractivity contribution in [2.75, 3.05) is 30.3 Å². The topological polar surface area (TPSA) is 78.2 Å². The predicted molar refractivity (Wildman–Crippen MR) is 72.5 cm³/mol. The highest BCUT2D eigenvalue weighted by Gasteiger charge is 2.23. The Morgan fingerprint density at radius 2 is 2.39 bits per heavy atom. The summed E-state index contributed by atoms with van der Waals surface area (Å²) >= 11 is 0. The third kappa shape index (κ3) is 1.90. The lowest BCUT2D eigenvalue weighted by atomic mass is 10.1. The van der Waals surface area contributed by atoms with E-state index in [9.17, 15) is 0 Å². The van der Waals surface area contributed by atoms with Gasteiger partial charge < -0.3 is 15.7 Å². The SMILES string of the molecule is Nc1cc2cn[nH]c2cc1N1CCC(CCO)C1. The molecule has 0 amide bonds. The number of fused-ring (bicyclic) bond motifs is 1. The molecule has 1 atom stereocenters. The van der Waals surface area contributed by atoms with Crippen LogP contribution in [0, 0.1) is 5.92 Å². The quantitative estimate of drug-likeness (QED) is 0.714. The van der Waals surface area contributed by atoms with Crippen LogP contribution >= 0.6 is 0 Å². The molecule has 2 aromatic rings. The van der Waals surface area contributed by atoms with Crippen LogP contribution in [0.2, 0.25) is 0 Å². The average Bonchev–Trinajstić information content (AvgIpc) is 2.96. The largest absolute Gasteiger partial charge is 0.397 e. The molecule has 18 heavy (non-hydrogen) atoms. The first-order valence-electron chi connectivity index (χ1n) is 6.36. The molecule has 4 N–H and O–H groups in total. The van der Waals surface area contributed by atoms with E-state index in [1.165, 1.54) is 0 Å². The molecule has 5 nitrogen and oxygen atoms in total. The monoisotopic (exact) mass is 246 g/mol. The van der Waals surface area contributed by atoms with Gasteiger partial charge in [-0.3, -0.25) is 5.10 Å². The summed E-state index contributed by atoms with van der Waals surface area (Å²) in [5.74, 6) is 0.576. The molecule has 0 radical (unpaired) electrons. The molecular weight excluding hydrogens is 228 g/mol. The first-order valence-corrected chi connectivity index (χ1v) is 6.36. The van der Waals surface area contributed by atoms with Crippen LogP contribution in [-0.2, 0) is 0 Å². The van der Waals surface area contributed by atoms with Gasteiger partial charge in [0, 0.05) is 25.1 Å². The number of rotatable bonds is 3. The standard InChI is InChI=1S/C13H18N4O/c14-11-5-10-7-15-16-12(10)6-13(11)17-3-1-9(8-17)2-4-18/h5-7,9,18H,1-4,8,14H2,(H,15,16). The van der Waals surface area contributed by atoms with Crippen LogP contribution in [0.5, 0.6) is 0 Å². The molecule has 0 spiro atoms. The first kappa shape index (κ1) is 11.3. The van der Waals surface area contributed by atoms with Gasteiger partial charge in [0.25, 0.3) is 0 Å². The second-order valence-corrected chi connectivity index (χ2v) is 4.98. The van der Waals surface area contributed by atoms with E-state index < -0.39 is 0 Å². The number of anilines is 2. The van der Waals surface area contributed by atoms with Crippen molar-refractivity contribution >= 4 is 22.3 Å². The van der Waals surface area contributed by atoms with E-state index in [1.54, 1.807) is 6.20 Å². The molecule has 1 fully saturated rings. The van der Waals surface area contributed by atoms with Crippen LogP contribution in [0.3, 0.4) is 0 Å². The van der Waals surface area contributed by atoms with Gasteiger partial charge in [-0.2, -0.15) is 5.10 Å². The first-order chi connectivity index (χ1) is 8.78. The number of aromatic nitrogens is 2. The van der Waals surface area contributed by atoms with Gasteiger partial charge in [0.1, 0.15) is 0 Å². The number of H-pyrrole nitrogens is 1. The second kappa shape index (κ2) is 4.49. The van der Waals surface area contributed by atoms with Crippen LogP contribution in [0.4, 0.5) is 11.4 Å². The molecule has 1 unspecified atom stereocenters. The van der Waals surface area contributed by atoms with Gasteiger partial charge in [0.05, 0.1) is 23.1 Å². The van der Waals surface area contributed by atoms with Crippen molar-refractivity contribution in [3.63, 3.8) is 0 Å². The smallest absolute Gasteiger partial charge is 0.0672 e. The molecule has 1 aromatic heterocycles. The van der Waals surface area contributed by atoms with Crippen molar-refractivity contribution in [3.05, 3.63) is 18.3 Å². The molecule has 2 heterocycles. The Bertz CT molecular complexity index is 551. The maximum atomic E-state index is 9.00. The maximum absolute atomic E-state index is 9.00. The van der Waals surface area contributed by atoms with E-state index in [0.29, 0.717) is 5.92 Å². The Kier molecular flexibility index (Phi) is 2.83. The van der Waals surface area contributed by atoms with E-state index in [2.05, 4.69) is 21.2 Å². The number of hydrogen-bond donors (Lipinski definition) is 3. The number of hydrogen-bond acceptors (Lipinski definition) is 4. The molecular formula is C13H18N4O. The highest BCUT2D eigenvalue weighted by molar-refractivity contribution is 5.89. The second-order valence-electron chi connectivity index (χ2n) is 4.98. The van der Waals surface area contributed by atoms with Gasteiger partial charge in [-0.25, -0.2) is 0 Å². The highest BCUT2D eigenvalue weighted by atomic mass is 16.3. The molecule has 96 valence electrons. The van der Waals surface area contributed by atoms with Gasteiger partial charge in [-0.15, -0.1) is 0 Å². The minimum absolute atomic E-state index is 0.271. The summed E-state index contributed by atoms with van der Waals surface area (Å²) in [5, 5.41) is 17.0. The summed E-state index contributed by atoms with van der Waals surface area (Å²) in [6.07, 6.45) is 3.79. The number of aromatic amines is 1. The van der Waals surface area contributed by atoms with Gasteiger partial charge in [0.15, 0.2) is 0 Å². The lowest BCUT2D eigenvalue weighted by molar-refractivity contribution is 0.263. The van der Waals surface area contributed by atoms with E-state index in [4.69, 9.17) is 10.8 Å². The minimum Gasteiger partial charge on any atom is -0.397 e. The molecule has 1 aliphatic heterocycles. The molecule has 1 aliphatic rings. The summed E-state index contributed by atoms with van der Waals surface area (Å²) in [6, 6.07) is 4.03. The van der Waals surface area contributed by atoms with E-state index >= 15 is 0 Å². The fourth-order valence-corrected chi connectivity index (χ4v) is 2.74. The van der Waals surface area contributed by atoms with Gasteiger partial charge in [-0.1, -0.05) is 0 Å². The van der Waals surface area contributed by atoms with Crippen LogP contribution in [-0.4, -0.2) is 35.0 Å². The third-order valence-corrected chi connectivity index (χ3v) is 3.75. The van der Waals surface area contributed by atoms with Crippen molar-refractivity contribution in [2.45, 2.75) is 12.8 Å². The average molecular weight is 246 g/mol. The fraction of sp³-hybridized carbons (Fsp3) is 0.462. The Balaban J connectivity index is 1.87. The van der Waals surface area contributed by atoms with Crippen LogP contribution in [0.1, 0.15) is 12.8 Å². The van der Waals surface area contributed by atoms with Gasteiger partial charge in [0.2, 0.25) is 0 Å². The summed E-state index contributed by atoms with van der Waals surface area (Å²) in [5.41, 5.74) is 9.01. The number of aliphatic hydroxyl groups excluding tert-OH is 1. The molecule has 0 aliphatic carbocycles. The molecule has 1 saturated heterocycles. The lowest BCUT2D eigenvalue weighted by Crippen LogP contribution is -2.21. The van der Waals surface area contributed by atoms with Crippen LogP contribution < -0.4 is 10.6 Å². The normalized spacial score (nSPS) is 19.8. The zero-order valence-corrected chi connectivity index (χ0v) is 10.3. The number of nitrogens with two attached hydrogens (primary N) is 1. The van der Waals surface area contributed by atoms with Gasteiger partial charge in [-0.05, 0) is 30.9 Å².